The van der Waals surface area contributed by atoms with Crippen molar-refractivity contribution < 1.29 is 9.53 Å². The van der Waals surface area contributed by atoms with Gasteiger partial charge in [0.1, 0.15) is 5.54 Å². The van der Waals surface area contributed by atoms with Crippen molar-refractivity contribution in [1.29, 1.82) is 0 Å². The summed E-state index contributed by atoms with van der Waals surface area (Å²) >= 11 is 0. The molecule has 3 heteroatoms. The summed E-state index contributed by atoms with van der Waals surface area (Å²) in [4.78, 5) is 18.7. The Kier molecular flexibility index (Phi) is 2.16. The molecule has 1 saturated heterocycles. The van der Waals surface area contributed by atoms with Crippen molar-refractivity contribution in [3.63, 3.8) is 0 Å². The molecule has 29 aromatic carbocycles. The third-order valence-electron chi connectivity index (χ3n) is 25.2. The van der Waals surface area contributed by atoms with Crippen LogP contribution in [0.15, 0.2) is 30.3 Å². The lowest BCUT2D eigenvalue weighted by atomic mass is 9.59. The number of hydrogen-bond donors (Lipinski definition) is 0. The van der Waals surface area contributed by atoms with E-state index in [1.54, 1.807) is 205 Å². The summed E-state index contributed by atoms with van der Waals surface area (Å²) in [6.07, 6.45) is -0.149. The predicted octanol–water partition coefficient (Wildman–Crippen LogP) is 17.9. The molecule has 0 bridgehead atoms. The maximum atomic E-state index is 16.4. The van der Waals surface area contributed by atoms with E-state index >= 15 is 4.79 Å². The van der Waals surface area contributed by atoms with Gasteiger partial charge in [-0.2, -0.15) is 0 Å². The Balaban J connectivity index is 1.16. The van der Waals surface area contributed by atoms with Crippen LogP contribution in [0.25, 0.3) is 291 Å². The summed E-state index contributed by atoms with van der Waals surface area (Å²) in [6, 6.07) is 11.0. The second-order valence-corrected chi connectivity index (χ2v) is 25.6. The Labute approximate surface area is 385 Å². The van der Waals surface area contributed by atoms with E-state index in [0.29, 0.717) is 6.54 Å². The number of amides is 1. The van der Waals surface area contributed by atoms with Crippen molar-refractivity contribution in [2.45, 2.75) is 17.7 Å². The van der Waals surface area contributed by atoms with Crippen LogP contribution < -0.4 is 0 Å². The largest absolute Gasteiger partial charge is 0.429 e. The van der Waals surface area contributed by atoms with Crippen molar-refractivity contribution in [3.8, 4) is 0 Å². The Morgan fingerprint density at radius 2 is 0.465 bits per heavy atom. The highest BCUT2D eigenvalue weighted by atomic mass is 16.6. The van der Waals surface area contributed by atoms with Crippen LogP contribution >= 0.6 is 0 Å². The minimum Gasteiger partial charge on any atom is -0.429 e. The van der Waals surface area contributed by atoms with E-state index in [1.807, 2.05) is 0 Å². The van der Waals surface area contributed by atoms with Gasteiger partial charge in [0, 0.05) is 22.3 Å². The molecule has 296 valence electrons. The normalized spacial score (nSPS) is 22.4. The zero-order chi connectivity index (χ0) is 42.2. The molecular weight excluding hydrogens is 863 g/mol. The fraction of sp³-hybridized carbons (Fsp3) is 0.0441. The van der Waals surface area contributed by atoms with Gasteiger partial charge in [0.05, 0.1) is 6.54 Å². The molecule has 3 nitrogen and oxygen atoms in total. The molecule has 71 heavy (non-hydrogen) atoms. The Bertz CT molecular complexity index is 7260. The van der Waals surface area contributed by atoms with E-state index in [4.69, 9.17) is 4.74 Å². The minimum atomic E-state index is -1.05. The first-order chi connectivity index (χ1) is 35.3. The van der Waals surface area contributed by atoms with Gasteiger partial charge in [0.2, 0.25) is 0 Å². The number of ether oxygens (including phenoxy) is 1. The lowest BCUT2D eigenvalue weighted by Crippen LogP contribution is -2.56. The van der Waals surface area contributed by atoms with Crippen LogP contribution in [0.3, 0.4) is 0 Å². The minimum absolute atomic E-state index is 0.149. The third kappa shape index (κ3) is 1.39. The van der Waals surface area contributed by atoms with Gasteiger partial charge >= 0.3 is 6.09 Å². The first kappa shape index (κ1) is 26.1. The van der Waals surface area contributed by atoms with Gasteiger partial charge in [0.15, 0.2) is 5.60 Å². The highest BCUT2D eigenvalue weighted by Crippen LogP contribution is 2.86. The van der Waals surface area contributed by atoms with E-state index in [-0.39, 0.29) is 6.09 Å². The zero-order valence-electron chi connectivity index (χ0n) is 35.9. The molecule has 34 rings (SSSR count). The van der Waals surface area contributed by atoms with Crippen molar-refractivity contribution >= 4 is 297 Å². The summed E-state index contributed by atoms with van der Waals surface area (Å²) in [5.41, 5.74) is 4.78. The average molecular weight is 870 g/mol. The van der Waals surface area contributed by atoms with Crippen LogP contribution in [0.4, 0.5) is 4.79 Å². The molecule has 5 aliphatic rings. The fourth-order valence-electron chi connectivity index (χ4n) is 25.0. The molecule has 0 atom stereocenters. The van der Waals surface area contributed by atoms with Crippen LogP contribution in [0.2, 0.25) is 0 Å². The lowest BCUT2D eigenvalue weighted by molar-refractivity contribution is 0.0413. The molecule has 1 aliphatic heterocycles. The molecule has 0 aromatic heterocycles. The van der Waals surface area contributed by atoms with Gasteiger partial charge < -0.3 is 4.74 Å². The SMILES string of the molecule is O=C1OC23c4c5c6c7c8c9c(c%10c%11c2c2c4c4c%12c5c5c6c6c8c8c%13c9c9c%10c%10c%11c%11c2c2c4c4c%12c%12c5c5c6c8c6c8c%13c9c9c%10c%10c%11c2c2c4c4c%12c5c6c5c8c9c%10c2c45)C73N1Cc1ccccc1. The van der Waals surface area contributed by atoms with E-state index in [2.05, 4.69) is 35.2 Å². The Morgan fingerprint density at radius 3 is 0.690 bits per heavy atom. The van der Waals surface area contributed by atoms with Crippen molar-refractivity contribution in [2.75, 3.05) is 0 Å². The number of carbonyl (C=O) groups is 1. The highest BCUT2D eigenvalue weighted by molar-refractivity contribution is 6.82. The van der Waals surface area contributed by atoms with Gasteiger partial charge in [0.25, 0.3) is 0 Å². The van der Waals surface area contributed by atoms with E-state index in [1.165, 1.54) is 114 Å². The topological polar surface area (TPSA) is 29.5 Å². The first-order valence-electron chi connectivity index (χ1n) is 26.1. The molecule has 29 aromatic rings. The summed E-state index contributed by atoms with van der Waals surface area (Å²) in [5.74, 6) is 0. The number of carbonyl (C=O) groups excluding carboxylic acids is 1. The molecule has 1 fully saturated rings. The maximum Gasteiger partial charge on any atom is 0.412 e. The monoisotopic (exact) mass is 869 g/mol. The second kappa shape index (κ2) is 5.88. The Morgan fingerprint density at radius 1 is 0.268 bits per heavy atom. The lowest BCUT2D eigenvalue weighted by Gasteiger charge is -2.49. The van der Waals surface area contributed by atoms with Crippen molar-refractivity contribution in [1.82, 2.24) is 4.90 Å². The van der Waals surface area contributed by atoms with Crippen LogP contribution in [-0.4, -0.2) is 11.0 Å². The van der Waals surface area contributed by atoms with Crippen LogP contribution in [-0.2, 0) is 22.4 Å². The molecular formula is C68H7NO2. The zero-order valence-corrected chi connectivity index (χ0v) is 35.9. The van der Waals surface area contributed by atoms with Crippen molar-refractivity contribution in [3.05, 3.63) is 58.1 Å². The van der Waals surface area contributed by atoms with Gasteiger partial charge in [-0.3, -0.25) is 4.90 Å². The smallest absolute Gasteiger partial charge is 0.412 e. The molecule has 1 heterocycles. The average Bonchev–Trinajstić information content (AvgIpc) is 4.23. The summed E-state index contributed by atoms with van der Waals surface area (Å²) in [7, 11) is 0. The standard InChI is InChI=1S/C68H7NO2/c70-66-69(6-7-4-2-1-3-5-7)67-62-54-46-36-26-18-10-8-9-12-16-14(10)22-30-24(16)34-28-20(12)21-13(9)17-15-11(8)19(18)27-33-23(15)31-25(17)35-29(21)39-38(28)50-44(34)52-42(30)48(40(46)32(22)26)56(62)58(52)64-60(50)61-51(39)45(35)53-43(31)49-41(33)47(37(27)36)55(54)63(67)57(49)59(53)65(61)68(64,67)71-66/h1-5H,6H2. The molecule has 4 aliphatic carbocycles. The highest BCUT2D eigenvalue weighted by Gasteiger charge is 2.78. The van der Waals surface area contributed by atoms with E-state index in [9.17, 15) is 0 Å². The van der Waals surface area contributed by atoms with Gasteiger partial charge in [-0.15, -0.1) is 0 Å². The van der Waals surface area contributed by atoms with Crippen molar-refractivity contribution in [2.24, 2.45) is 0 Å². The molecule has 0 saturated carbocycles. The molecule has 1 amide bonds. The van der Waals surface area contributed by atoms with Gasteiger partial charge in [-0.25, -0.2) is 4.79 Å². The number of benzene rings is 19. The molecule has 2 spiro atoms. The van der Waals surface area contributed by atoms with Crippen LogP contribution in [0.1, 0.15) is 27.8 Å². The van der Waals surface area contributed by atoms with Crippen LogP contribution in [0, 0.1) is 0 Å². The van der Waals surface area contributed by atoms with Crippen LogP contribution in [0.5, 0.6) is 0 Å². The molecule has 0 radical (unpaired) electrons. The van der Waals surface area contributed by atoms with Gasteiger partial charge in [-0.05, 0) is 296 Å². The molecule has 0 unspecified atom stereocenters. The summed E-state index contributed by atoms with van der Waals surface area (Å²) < 4.78 is 8.02. The van der Waals surface area contributed by atoms with E-state index < -0.39 is 11.1 Å². The maximum absolute atomic E-state index is 16.4. The van der Waals surface area contributed by atoms with E-state index in [0.717, 1.165) is 0 Å². The Hall–Kier alpha value is -9.05. The number of hydrogen-bond acceptors (Lipinski definition) is 2. The first-order valence-corrected chi connectivity index (χ1v) is 26.1. The fourth-order valence-corrected chi connectivity index (χ4v) is 25.0. The predicted molar refractivity (Wildman–Crippen MR) is 292 cm³/mol. The molecule has 0 N–H and O–H groups in total. The summed E-state index contributed by atoms with van der Waals surface area (Å²) in [5, 5.41) is 83.7. The second-order valence-electron chi connectivity index (χ2n) is 25.6. The number of nitrogens with zero attached hydrogens (tertiary/aromatic N) is 1. The number of rotatable bonds is 2. The third-order valence-corrected chi connectivity index (χ3v) is 25.2. The quantitative estimate of drug-likeness (QED) is 0.162. The van der Waals surface area contributed by atoms with Gasteiger partial charge in [-0.1, -0.05) is 30.3 Å². The summed E-state index contributed by atoms with van der Waals surface area (Å²) in [6.45, 7) is 0.499.